The number of ether oxygens (including phenoxy) is 1. The molecule has 1 aromatic heterocycles. The molecular weight excluding hydrogens is 324 g/mol. The SMILES string of the molecule is CCc1ccc2c(COC(=O)c3ccc(O)cc3O)cc(=O)oc2c1. The zero-order valence-electron chi connectivity index (χ0n) is 13.5. The van der Waals surface area contributed by atoms with E-state index in [-0.39, 0.29) is 23.7 Å². The number of phenolic OH excluding ortho intramolecular Hbond substituents is 2. The Kier molecular flexibility index (Phi) is 4.43. The van der Waals surface area contributed by atoms with Crippen molar-refractivity contribution in [2.45, 2.75) is 20.0 Å². The van der Waals surface area contributed by atoms with Crippen molar-refractivity contribution in [3.05, 3.63) is 69.6 Å². The van der Waals surface area contributed by atoms with Crippen LogP contribution in [0.2, 0.25) is 0 Å². The third-order valence-electron chi connectivity index (χ3n) is 3.86. The molecule has 0 atom stereocenters. The smallest absolute Gasteiger partial charge is 0.342 e. The van der Waals surface area contributed by atoms with E-state index in [1.165, 1.54) is 18.2 Å². The fraction of sp³-hybridized carbons (Fsp3) is 0.158. The first kappa shape index (κ1) is 16.6. The number of aryl methyl sites for hydroxylation is 1. The average Bonchev–Trinajstić information content (AvgIpc) is 2.58. The molecule has 0 aliphatic rings. The largest absolute Gasteiger partial charge is 0.508 e. The van der Waals surface area contributed by atoms with Crippen molar-refractivity contribution < 1.29 is 24.2 Å². The molecule has 0 radical (unpaired) electrons. The number of rotatable bonds is 4. The van der Waals surface area contributed by atoms with Crippen molar-refractivity contribution in [1.29, 1.82) is 0 Å². The quantitative estimate of drug-likeness (QED) is 0.559. The fourth-order valence-corrected chi connectivity index (χ4v) is 2.53. The van der Waals surface area contributed by atoms with Crippen LogP contribution in [0.25, 0.3) is 11.0 Å². The van der Waals surface area contributed by atoms with Crippen molar-refractivity contribution in [3.63, 3.8) is 0 Å². The minimum atomic E-state index is -0.760. The van der Waals surface area contributed by atoms with Gasteiger partial charge in [0.25, 0.3) is 0 Å². The molecule has 0 bridgehead atoms. The topological polar surface area (TPSA) is 97.0 Å². The Labute approximate surface area is 142 Å². The number of carbonyl (C=O) groups excluding carboxylic acids is 1. The van der Waals surface area contributed by atoms with Gasteiger partial charge in [-0.15, -0.1) is 0 Å². The van der Waals surface area contributed by atoms with Gasteiger partial charge < -0.3 is 19.4 Å². The maximum absolute atomic E-state index is 12.1. The van der Waals surface area contributed by atoms with Crippen LogP contribution in [0.15, 0.2) is 51.7 Å². The van der Waals surface area contributed by atoms with E-state index in [0.29, 0.717) is 16.5 Å². The van der Waals surface area contributed by atoms with E-state index >= 15 is 0 Å². The number of benzene rings is 2. The highest BCUT2D eigenvalue weighted by atomic mass is 16.5. The lowest BCUT2D eigenvalue weighted by molar-refractivity contribution is 0.0470. The highest BCUT2D eigenvalue weighted by Gasteiger charge is 2.15. The molecule has 0 saturated carbocycles. The predicted octanol–water partition coefficient (Wildman–Crippen LogP) is 3.12. The molecule has 0 aliphatic heterocycles. The molecule has 3 rings (SSSR count). The van der Waals surface area contributed by atoms with E-state index in [4.69, 9.17) is 9.15 Å². The van der Waals surface area contributed by atoms with Gasteiger partial charge in [-0.2, -0.15) is 0 Å². The monoisotopic (exact) mass is 340 g/mol. The van der Waals surface area contributed by atoms with Crippen molar-refractivity contribution in [3.8, 4) is 11.5 Å². The highest BCUT2D eigenvalue weighted by Crippen LogP contribution is 2.24. The second kappa shape index (κ2) is 6.68. The zero-order valence-corrected chi connectivity index (χ0v) is 13.5. The van der Waals surface area contributed by atoms with Gasteiger partial charge in [0.15, 0.2) is 0 Å². The van der Waals surface area contributed by atoms with Crippen molar-refractivity contribution in [2.75, 3.05) is 0 Å². The van der Waals surface area contributed by atoms with Gasteiger partial charge in [-0.05, 0) is 30.2 Å². The maximum Gasteiger partial charge on any atom is 0.342 e. The summed E-state index contributed by atoms with van der Waals surface area (Å²) in [5.41, 5.74) is 1.38. The lowest BCUT2D eigenvalue weighted by Gasteiger charge is -2.09. The minimum Gasteiger partial charge on any atom is -0.508 e. The standard InChI is InChI=1S/C19H16O6/c1-2-11-3-5-14-12(8-18(22)25-17(14)7-11)10-24-19(23)15-6-4-13(20)9-16(15)21/h3-9,20-21H,2,10H2,1H3. The second-order valence-electron chi connectivity index (χ2n) is 5.55. The first-order valence-electron chi connectivity index (χ1n) is 7.72. The summed E-state index contributed by atoms with van der Waals surface area (Å²) in [4.78, 5) is 23.8. The summed E-state index contributed by atoms with van der Waals surface area (Å²) in [7, 11) is 0. The molecule has 0 saturated heterocycles. The molecule has 0 fully saturated rings. The van der Waals surface area contributed by atoms with E-state index in [9.17, 15) is 19.8 Å². The summed E-state index contributed by atoms with van der Waals surface area (Å²) < 4.78 is 10.4. The van der Waals surface area contributed by atoms with Crippen molar-refractivity contribution in [2.24, 2.45) is 0 Å². The molecule has 6 heteroatoms. The van der Waals surface area contributed by atoms with Crippen LogP contribution in [0, 0.1) is 0 Å². The number of esters is 1. The Bertz CT molecular complexity index is 1000. The van der Waals surface area contributed by atoms with Gasteiger partial charge in [0.05, 0.1) is 0 Å². The van der Waals surface area contributed by atoms with Crippen LogP contribution in [0.5, 0.6) is 11.5 Å². The van der Waals surface area contributed by atoms with Crippen molar-refractivity contribution >= 4 is 16.9 Å². The molecule has 1 heterocycles. The molecular formula is C19H16O6. The highest BCUT2D eigenvalue weighted by molar-refractivity contribution is 5.92. The Balaban J connectivity index is 1.88. The van der Waals surface area contributed by atoms with Gasteiger partial charge in [-0.25, -0.2) is 9.59 Å². The number of phenols is 2. The summed E-state index contributed by atoms with van der Waals surface area (Å²) in [6.45, 7) is 1.85. The number of hydrogen-bond donors (Lipinski definition) is 2. The normalized spacial score (nSPS) is 10.8. The lowest BCUT2D eigenvalue weighted by atomic mass is 10.1. The van der Waals surface area contributed by atoms with Crippen LogP contribution in [0.1, 0.15) is 28.4 Å². The summed E-state index contributed by atoms with van der Waals surface area (Å²) in [6, 6.07) is 10.4. The van der Waals surface area contributed by atoms with E-state index in [1.54, 1.807) is 6.07 Å². The number of fused-ring (bicyclic) bond motifs is 1. The van der Waals surface area contributed by atoms with Gasteiger partial charge in [0.1, 0.15) is 29.3 Å². The molecule has 128 valence electrons. The first-order chi connectivity index (χ1) is 12.0. The lowest BCUT2D eigenvalue weighted by Crippen LogP contribution is -2.08. The van der Waals surface area contributed by atoms with E-state index < -0.39 is 11.6 Å². The number of carbonyl (C=O) groups is 1. The van der Waals surface area contributed by atoms with Crippen LogP contribution in [0.4, 0.5) is 0 Å². The molecule has 2 aromatic carbocycles. The van der Waals surface area contributed by atoms with Gasteiger partial charge in [-0.1, -0.05) is 19.1 Å². The molecule has 6 nitrogen and oxygen atoms in total. The molecule has 0 unspecified atom stereocenters. The zero-order chi connectivity index (χ0) is 18.0. The van der Waals surface area contributed by atoms with Crippen LogP contribution in [-0.4, -0.2) is 16.2 Å². The van der Waals surface area contributed by atoms with Crippen LogP contribution in [0.3, 0.4) is 0 Å². The van der Waals surface area contributed by atoms with E-state index in [1.807, 2.05) is 19.1 Å². The minimum absolute atomic E-state index is 0.0710. The maximum atomic E-state index is 12.1. The molecule has 0 amide bonds. The first-order valence-corrected chi connectivity index (χ1v) is 7.72. The molecule has 2 N–H and O–H groups in total. The Morgan fingerprint density at radius 2 is 1.92 bits per heavy atom. The number of hydrogen-bond acceptors (Lipinski definition) is 6. The fourth-order valence-electron chi connectivity index (χ4n) is 2.53. The predicted molar refractivity (Wildman–Crippen MR) is 90.8 cm³/mol. The molecule has 0 aliphatic carbocycles. The second-order valence-corrected chi connectivity index (χ2v) is 5.55. The summed E-state index contributed by atoms with van der Waals surface area (Å²) in [5.74, 6) is -1.30. The Morgan fingerprint density at radius 1 is 1.12 bits per heavy atom. The average molecular weight is 340 g/mol. The summed E-state index contributed by atoms with van der Waals surface area (Å²) in [6.07, 6.45) is 0.805. The van der Waals surface area contributed by atoms with Gasteiger partial charge >= 0.3 is 11.6 Å². The van der Waals surface area contributed by atoms with Crippen LogP contribution in [-0.2, 0) is 17.8 Å². The van der Waals surface area contributed by atoms with Crippen LogP contribution < -0.4 is 5.63 Å². The van der Waals surface area contributed by atoms with Gasteiger partial charge in [-0.3, -0.25) is 0 Å². The van der Waals surface area contributed by atoms with Crippen LogP contribution >= 0.6 is 0 Å². The Morgan fingerprint density at radius 3 is 2.64 bits per heavy atom. The van der Waals surface area contributed by atoms with Crippen molar-refractivity contribution in [1.82, 2.24) is 0 Å². The van der Waals surface area contributed by atoms with E-state index in [2.05, 4.69) is 0 Å². The summed E-state index contributed by atoms with van der Waals surface area (Å²) in [5, 5.41) is 19.6. The number of aromatic hydroxyl groups is 2. The third-order valence-corrected chi connectivity index (χ3v) is 3.86. The third kappa shape index (κ3) is 3.47. The molecule has 3 aromatic rings. The molecule has 0 spiro atoms. The van der Waals surface area contributed by atoms with E-state index in [0.717, 1.165) is 18.1 Å². The summed E-state index contributed by atoms with van der Waals surface area (Å²) >= 11 is 0. The van der Waals surface area contributed by atoms with Gasteiger partial charge in [0, 0.05) is 23.1 Å². The van der Waals surface area contributed by atoms with Gasteiger partial charge in [0.2, 0.25) is 0 Å². The molecule has 25 heavy (non-hydrogen) atoms. The Hall–Kier alpha value is -3.28.